The highest BCUT2D eigenvalue weighted by Gasteiger charge is 2.78. The molecular formula is C13H15NO2S. The molecule has 2 atom stereocenters. The van der Waals surface area contributed by atoms with Gasteiger partial charge in [-0.2, -0.15) is 5.26 Å². The zero-order chi connectivity index (χ0) is 12.7. The van der Waals surface area contributed by atoms with Gasteiger partial charge in [-0.05, 0) is 18.4 Å². The van der Waals surface area contributed by atoms with Gasteiger partial charge in [0.25, 0.3) is 0 Å². The average molecular weight is 249 g/mol. The molecule has 1 aromatic heterocycles. The smallest absolute Gasteiger partial charge is 0.327 e. The summed E-state index contributed by atoms with van der Waals surface area (Å²) >= 11 is 1.59. The normalized spacial score (nSPS) is 29.4. The molecule has 3 nitrogen and oxygen atoms in total. The Kier molecular flexibility index (Phi) is 2.75. The first kappa shape index (κ1) is 12.1. The van der Waals surface area contributed by atoms with E-state index in [0.29, 0.717) is 6.61 Å². The summed E-state index contributed by atoms with van der Waals surface area (Å²) in [7, 11) is 0. The Bertz CT molecular complexity index is 472. The van der Waals surface area contributed by atoms with E-state index in [4.69, 9.17) is 4.74 Å². The van der Waals surface area contributed by atoms with E-state index >= 15 is 0 Å². The minimum atomic E-state index is -1.01. The van der Waals surface area contributed by atoms with Crippen molar-refractivity contribution in [3.8, 4) is 6.07 Å². The maximum Gasteiger partial charge on any atom is 0.327 e. The second-order valence-corrected chi connectivity index (χ2v) is 5.79. The number of nitrogens with zero attached hydrogens (tertiary/aromatic N) is 1. The third-order valence-electron chi connectivity index (χ3n) is 3.69. The third kappa shape index (κ3) is 1.42. The number of carbonyl (C=O) groups is 1. The van der Waals surface area contributed by atoms with E-state index in [1.807, 2.05) is 31.4 Å². The minimum Gasteiger partial charge on any atom is -0.465 e. The van der Waals surface area contributed by atoms with Crippen LogP contribution in [0.15, 0.2) is 17.5 Å². The number of thiophene rings is 1. The van der Waals surface area contributed by atoms with E-state index in [1.54, 1.807) is 18.3 Å². The zero-order valence-electron chi connectivity index (χ0n) is 10.2. The van der Waals surface area contributed by atoms with Gasteiger partial charge >= 0.3 is 5.97 Å². The van der Waals surface area contributed by atoms with Crippen LogP contribution in [0.1, 0.15) is 31.6 Å². The fourth-order valence-electron chi connectivity index (χ4n) is 2.67. The molecule has 2 rings (SSSR count). The van der Waals surface area contributed by atoms with Gasteiger partial charge in [0.05, 0.1) is 12.7 Å². The largest absolute Gasteiger partial charge is 0.465 e. The average Bonchev–Trinajstić information content (AvgIpc) is 2.68. The highest BCUT2D eigenvalue weighted by atomic mass is 32.1. The van der Waals surface area contributed by atoms with E-state index in [9.17, 15) is 10.1 Å². The van der Waals surface area contributed by atoms with Crippen LogP contribution in [0.5, 0.6) is 0 Å². The molecule has 0 bridgehead atoms. The van der Waals surface area contributed by atoms with Crippen molar-refractivity contribution in [1.82, 2.24) is 0 Å². The van der Waals surface area contributed by atoms with Gasteiger partial charge in [-0.15, -0.1) is 11.3 Å². The Hall–Kier alpha value is -1.34. The van der Waals surface area contributed by atoms with E-state index in [0.717, 1.165) is 4.88 Å². The number of esters is 1. The van der Waals surface area contributed by atoms with Crippen LogP contribution in [0.2, 0.25) is 0 Å². The molecular weight excluding hydrogens is 234 g/mol. The molecule has 1 heterocycles. The number of carbonyl (C=O) groups excluding carboxylic acids is 1. The summed E-state index contributed by atoms with van der Waals surface area (Å²) in [4.78, 5) is 13.1. The second kappa shape index (κ2) is 3.85. The zero-order valence-corrected chi connectivity index (χ0v) is 11.0. The number of ether oxygens (including phenoxy) is 1. The minimum absolute atomic E-state index is 0.0425. The Morgan fingerprint density at radius 1 is 1.65 bits per heavy atom. The van der Waals surface area contributed by atoms with Crippen molar-refractivity contribution in [2.75, 3.05) is 6.61 Å². The summed E-state index contributed by atoms with van der Waals surface area (Å²) < 4.78 is 5.07. The van der Waals surface area contributed by atoms with E-state index in [-0.39, 0.29) is 17.3 Å². The van der Waals surface area contributed by atoms with Crippen molar-refractivity contribution in [3.05, 3.63) is 22.4 Å². The lowest BCUT2D eigenvalue weighted by atomic mass is 9.98. The van der Waals surface area contributed by atoms with Crippen LogP contribution in [-0.2, 0) is 9.53 Å². The van der Waals surface area contributed by atoms with E-state index in [1.165, 1.54) is 0 Å². The van der Waals surface area contributed by atoms with Crippen molar-refractivity contribution < 1.29 is 9.53 Å². The Morgan fingerprint density at radius 2 is 2.35 bits per heavy atom. The SMILES string of the molecule is CCOC(=O)C1(C#N)C(c2cccs2)C1(C)C. The molecule has 1 saturated carbocycles. The predicted octanol–water partition coefficient (Wildman–Crippen LogP) is 2.94. The highest BCUT2D eigenvalue weighted by Crippen LogP contribution is 2.74. The summed E-state index contributed by atoms with van der Waals surface area (Å²) in [5, 5.41) is 11.4. The van der Waals surface area contributed by atoms with Gasteiger partial charge in [0.15, 0.2) is 5.41 Å². The van der Waals surface area contributed by atoms with Crippen LogP contribution < -0.4 is 0 Å². The number of hydrogen-bond acceptors (Lipinski definition) is 4. The van der Waals surface area contributed by atoms with Gasteiger partial charge in [0.1, 0.15) is 0 Å². The van der Waals surface area contributed by atoms with Crippen LogP contribution in [0.4, 0.5) is 0 Å². The van der Waals surface area contributed by atoms with E-state index < -0.39 is 5.41 Å². The molecule has 0 spiro atoms. The lowest BCUT2D eigenvalue weighted by Crippen LogP contribution is -2.22. The quantitative estimate of drug-likeness (QED) is 0.774. The lowest BCUT2D eigenvalue weighted by molar-refractivity contribution is -0.148. The van der Waals surface area contributed by atoms with Gasteiger partial charge in [-0.3, -0.25) is 4.79 Å². The molecule has 1 fully saturated rings. The Labute approximate surface area is 105 Å². The molecule has 1 aliphatic rings. The maximum absolute atomic E-state index is 12.0. The van der Waals surface area contributed by atoms with Gasteiger partial charge in [-0.1, -0.05) is 19.9 Å². The number of hydrogen-bond donors (Lipinski definition) is 0. The monoisotopic (exact) mass is 249 g/mol. The molecule has 0 aliphatic heterocycles. The Morgan fingerprint density at radius 3 is 2.82 bits per heavy atom. The van der Waals surface area contributed by atoms with Gasteiger partial charge in [0, 0.05) is 16.2 Å². The van der Waals surface area contributed by atoms with Crippen molar-refractivity contribution in [2.45, 2.75) is 26.7 Å². The summed E-state index contributed by atoms with van der Waals surface area (Å²) in [5.74, 6) is -0.426. The molecule has 0 amide bonds. The van der Waals surface area contributed by atoms with Gasteiger partial charge in [-0.25, -0.2) is 0 Å². The molecule has 1 aliphatic carbocycles. The third-order valence-corrected chi connectivity index (χ3v) is 4.63. The van der Waals surface area contributed by atoms with Crippen LogP contribution in [0.3, 0.4) is 0 Å². The van der Waals surface area contributed by atoms with Crippen molar-refractivity contribution >= 4 is 17.3 Å². The number of nitriles is 1. The maximum atomic E-state index is 12.0. The van der Waals surface area contributed by atoms with Crippen molar-refractivity contribution in [3.63, 3.8) is 0 Å². The van der Waals surface area contributed by atoms with Crippen molar-refractivity contribution in [1.29, 1.82) is 5.26 Å². The first-order chi connectivity index (χ1) is 8.02. The summed E-state index contributed by atoms with van der Waals surface area (Å²) in [6, 6.07) is 6.13. The Balaban J connectivity index is 2.38. The van der Waals surface area contributed by atoms with Crippen LogP contribution in [0, 0.1) is 22.2 Å². The van der Waals surface area contributed by atoms with Crippen LogP contribution >= 0.6 is 11.3 Å². The van der Waals surface area contributed by atoms with Gasteiger partial charge < -0.3 is 4.74 Å². The predicted molar refractivity (Wildman–Crippen MR) is 65.5 cm³/mol. The molecule has 0 aromatic carbocycles. The molecule has 2 unspecified atom stereocenters. The first-order valence-electron chi connectivity index (χ1n) is 5.64. The summed E-state index contributed by atoms with van der Waals surface area (Å²) in [6.45, 7) is 5.99. The van der Waals surface area contributed by atoms with Crippen molar-refractivity contribution in [2.24, 2.45) is 10.8 Å². The molecule has 4 heteroatoms. The second-order valence-electron chi connectivity index (χ2n) is 4.81. The molecule has 17 heavy (non-hydrogen) atoms. The van der Waals surface area contributed by atoms with Crippen LogP contribution in [0.25, 0.3) is 0 Å². The van der Waals surface area contributed by atoms with Crippen LogP contribution in [-0.4, -0.2) is 12.6 Å². The molecule has 0 radical (unpaired) electrons. The van der Waals surface area contributed by atoms with E-state index in [2.05, 4.69) is 6.07 Å². The molecule has 0 saturated heterocycles. The molecule has 1 aromatic rings. The summed E-state index contributed by atoms with van der Waals surface area (Å²) in [5.41, 5.74) is -1.35. The topological polar surface area (TPSA) is 50.1 Å². The molecule has 90 valence electrons. The standard InChI is InChI=1S/C13H15NO2S/c1-4-16-11(15)13(8-14)10(12(13,2)3)9-6-5-7-17-9/h5-7,10H,4H2,1-3H3. The van der Waals surface area contributed by atoms with Gasteiger partial charge in [0.2, 0.25) is 0 Å². The highest BCUT2D eigenvalue weighted by molar-refractivity contribution is 7.10. The fraction of sp³-hybridized carbons (Fsp3) is 0.538. The first-order valence-corrected chi connectivity index (χ1v) is 6.52. The number of rotatable bonds is 3. The summed E-state index contributed by atoms with van der Waals surface area (Å²) in [6.07, 6.45) is 0. The molecule has 0 N–H and O–H groups in total. The lowest BCUT2D eigenvalue weighted by Gasteiger charge is -2.09. The fourth-order valence-corrected chi connectivity index (χ4v) is 3.75.